The maximum absolute atomic E-state index is 12.4. The molecule has 1 aromatic carbocycles. The van der Waals surface area contributed by atoms with E-state index < -0.39 is 53.7 Å². The van der Waals surface area contributed by atoms with Crippen LogP contribution in [0.25, 0.3) is 0 Å². The molecule has 11 nitrogen and oxygen atoms in total. The Kier molecular flexibility index (Phi) is 10.7. The van der Waals surface area contributed by atoms with Gasteiger partial charge in [0.15, 0.2) is 11.5 Å². The maximum atomic E-state index is 12.4. The van der Waals surface area contributed by atoms with E-state index in [1.807, 2.05) is 0 Å². The summed E-state index contributed by atoms with van der Waals surface area (Å²) in [5.74, 6) is -1.45. The number of nitrogens with two attached hydrogens (primary N) is 1. The van der Waals surface area contributed by atoms with Crippen LogP contribution in [0.4, 0.5) is 9.59 Å². The number of esters is 2. The number of rotatable bonds is 8. The first-order chi connectivity index (χ1) is 16.4. The van der Waals surface area contributed by atoms with Gasteiger partial charge < -0.3 is 34.2 Å². The fourth-order valence-corrected chi connectivity index (χ4v) is 2.63. The molecule has 1 aromatic rings. The molecule has 1 rings (SSSR count). The standard InChI is InChI=1S/C25H37NO10/c1-14(31-16(3)27)15(2)32-21(28)18(26)12-17-10-11-19(33-22(29)35-24(4,5)6)20(13-17)34-23(30)36-25(7,8)9/h10-11,13-15,18H,12,26H2,1-9H3/t14?,15-,18-/m0/s1. The van der Waals surface area contributed by atoms with Crippen molar-refractivity contribution >= 4 is 24.2 Å². The fourth-order valence-electron chi connectivity index (χ4n) is 2.63. The van der Waals surface area contributed by atoms with Gasteiger partial charge in [0.1, 0.15) is 29.5 Å². The van der Waals surface area contributed by atoms with Crippen molar-refractivity contribution in [3.05, 3.63) is 23.8 Å². The molecule has 11 heteroatoms. The summed E-state index contributed by atoms with van der Waals surface area (Å²) in [4.78, 5) is 47.9. The molecule has 0 aliphatic carbocycles. The van der Waals surface area contributed by atoms with Gasteiger partial charge in [0.05, 0.1) is 0 Å². The van der Waals surface area contributed by atoms with E-state index in [1.54, 1.807) is 61.5 Å². The Labute approximate surface area is 211 Å². The van der Waals surface area contributed by atoms with Crippen LogP contribution in [0.2, 0.25) is 0 Å². The molecule has 36 heavy (non-hydrogen) atoms. The average molecular weight is 512 g/mol. The molecule has 0 spiro atoms. The molecule has 0 bridgehead atoms. The lowest BCUT2D eigenvalue weighted by Gasteiger charge is -2.22. The van der Waals surface area contributed by atoms with E-state index in [4.69, 9.17) is 34.2 Å². The molecule has 1 unspecified atom stereocenters. The molecule has 3 atom stereocenters. The van der Waals surface area contributed by atoms with Gasteiger partial charge >= 0.3 is 24.2 Å². The molecule has 0 saturated heterocycles. The predicted molar refractivity (Wildman–Crippen MR) is 129 cm³/mol. The third-order valence-corrected chi connectivity index (χ3v) is 4.25. The number of hydrogen-bond donors (Lipinski definition) is 1. The highest BCUT2D eigenvalue weighted by Gasteiger charge is 2.26. The summed E-state index contributed by atoms with van der Waals surface area (Å²) in [6.45, 7) is 14.4. The molecular weight excluding hydrogens is 474 g/mol. The summed E-state index contributed by atoms with van der Waals surface area (Å²) in [6.07, 6.45) is -3.39. The van der Waals surface area contributed by atoms with Gasteiger partial charge in [-0.25, -0.2) is 9.59 Å². The lowest BCUT2D eigenvalue weighted by molar-refractivity contribution is -0.164. The normalized spacial score (nSPS) is 14.1. The SMILES string of the molecule is CC(=O)OC(C)[C@H](C)OC(=O)[C@@H](N)Cc1ccc(OC(=O)OC(C)(C)C)c(OC(=O)OC(C)(C)C)c1. The smallest absolute Gasteiger partial charge is 0.459 e. The van der Waals surface area contributed by atoms with Gasteiger partial charge in [-0.3, -0.25) is 9.59 Å². The van der Waals surface area contributed by atoms with Gasteiger partial charge in [-0.2, -0.15) is 0 Å². The van der Waals surface area contributed by atoms with Crippen LogP contribution < -0.4 is 15.2 Å². The largest absolute Gasteiger partial charge is 0.514 e. The van der Waals surface area contributed by atoms with Crippen molar-refractivity contribution in [3.63, 3.8) is 0 Å². The molecule has 0 aliphatic rings. The van der Waals surface area contributed by atoms with E-state index in [0.717, 1.165) is 0 Å². The van der Waals surface area contributed by atoms with Crippen LogP contribution in [0.5, 0.6) is 11.5 Å². The molecule has 0 heterocycles. The molecule has 0 aromatic heterocycles. The summed E-state index contributed by atoms with van der Waals surface area (Å²) >= 11 is 0. The molecule has 202 valence electrons. The molecule has 0 saturated carbocycles. The Hall–Kier alpha value is -3.34. The van der Waals surface area contributed by atoms with E-state index in [0.29, 0.717) is 5.56 Å². The Balaban J connectivity index is 3.04. The van der Waals surface area contributed by atoms with Crippen LogP contribution in [-0.2, 0) is 35.0 Å². The summed E-state index contributed by atoms with van der Waals surface area (Å²) in [5.41, 5.74) is 4.85. The molecule has 0 fully saturated rings. The van der Waals surface area contributed by atoms with Crippen LogP contribution >= 0.6 is 0 Å². The quantitative estimate of drug-likeness (QED) is 0.306. The van der Waals surface area contributed by atoms with E-state index in [2.05, 4.69) is 0 Å². The second-order valence-corrected chi connectivity index (χ2v) is 10.2. The van der Waals surface area contributed by atoms with Crippen LogP contribution in [0.1, 0.15) is 67.9 Å². The van der Waals surface area contributed by atoms with Crippen LogP contribution in [0.15, 0.2) is 18.2 Å². The van der Waals surface area contributed by atoms with Crippen LogP contribution in [-0.4, -0.2) is 53.7 Å². The van der Waals surface area contributed by atoms with Crippen molar-refractivity contribution in [2.45, 2.75) is 98.2 Å². The van der Waals surface area contributed by atoms with E-state index in [1.165, 1.54) is 19.1 Å². The first kappa shape index (κ1) is 30.7. The number of carbonyl (C=O) groups excluding carboxylic acids is 4. The highest BCUT2D eigenvalue weighted by molar-refractivity contribution is 5.76. The minimum Gasteiger partial charge on any atom is -0.459 e. The van der Waals surface area contributed by atoms with Gasteiger partial charge in [0.25, 0.3) is 0 Å². The molecule has 2 N–H and O–H groups in total. The summed E-state index contributed by atoms with van der Waals surface area (Å²) in [5, 5.41) is 0. The fraction of sp³-hybridized carbons (Fsp3) is 0.600. The summed E-state index contributed by atoms with van der Waals surface area (Å²) < 4.78 is 31.1. The van der Waals surface area contributed by atoms with E-state index in [-0.39, 0.29) is 17.9 Å². The zero-order chi connectivity index (χ0) is 27.8. The van der Waals surface area contributed by atoms with Crippen LogP contribution in [0.3, 0.4) is 0 Å². The molecule has 0 amide bonds. The van der Waals surface area contributed by atoms with Crippen molar-refractivity contribution < 1.29 is 47.6 Å². The Bertz CT molecular complexity index is 945. The van der Waals surface area contributed by atoms with Gasteiger partial charge in [0.2, 0.25) is 0 Å². The third-order valence-electron chi connectivity index (χ3n) is 4.25. The first-order valence-electron chi connectivity index (χ1n) is 11.4. The average Bonchev–Trinajstić information content (AvgIpc) is 2.66. The number of hydrogen-bond acceptors (Lipinski definition) is 11. The first-order valence-corrected chi connectivity index (χ1v) is 11.4. The number of carbonyl (C=O) groups is 4. The van der Waals surface area contributed by atoms with Gasteiger partial charge in [-0.05, 0) is 79.5 Å². The van der Waals surface area contributed by atoms with Crippen molar-refractivity contribution in [1.29, 1.82) is 0 Å². The second-order valence-electron chi connectivity index (χ2n) is 10.2. The summed E-state index contributed by atoms with van der Waals surface area (Å²) in [6, 6.07) is 3.23. The van der Waals surface area contributed by atoms with Gasteiger partial charge in [-0.15, -0.1) is 0 Å². The van der Waals surface area contributed by atoms with E-state index >= 15 is 0 Å². The van der Waals surface area contributed by atoms with Gasteiger partial charge in [0, 0.05) is 6.92 Å². The molecule has 0 aliphatic heterocycles. The Morgan fingerprint density at radius 2 is 1.28 bits per heavy atom. The number of ether oxygens (including phenoxy) is 6. The van der Waals surface area contributed by atoms with Crippen molar-refractivity contribution in [1.82, 2.24) is 0 Å². The van der Waals surface area contributed by atoms with Crippen molar-refractivity contribution in [2.75, 3.05) is 0 Å². The third kappa shape index (κ3) is 11.9. The zero-order valence-electron chi connectivity index (χ0n) is 22.3. The Morgan fingerprint density at radius 3 is 1.75 bits per heavy atom. The number of benzene rings is 1. The maximum Gasteiger partial charge on any atom is 0.514 e. The minimum atomic E-state index is -1.08. The Morgan fingerprint density at radius 1 is 0.806 bits per heavy atom. The molecular formula is C25H37NO10. The van der Waals surface area contributed by atoms with Crippen molar-refractivity contribution in [3.8, 4) is 11.5 Å². The van der Waals surface area contributed by atoms with Crippen LogP contribution in [0, 0.1) is 0 Å². The molecule has 0 radical (unpaired) electrons. The lowest BCUT2D eigenvalue weighted by atomic mass is 10.1. The highest BCUT2D eigenvalue weighted by atomic mass is 16.8. The monoisotopic (exact) mass is 511 g/mol. The second kappa shape index (κ2) is 12.6. The topological polar surface area (TPSA) is 150 Å². The van der Waals surface area contributed by atoms with Crippen molar-refractivity contribution in [2.24, 2.45) is 5.73 Å². The minimum absolute atomic E-state index is 0.00486. The highest BCUT2D eigenvalue weighted by Crippen LogP contribution is 2.31. The predicted octanol–water partition coefficient (Wildman–Crippen LogP) is 4.07. The lowest BCUT2D eigenvalue weighted by Crippen LogP contribution is -2.39. The summed E-state index contributed by atoms with van der Waals surface area (Å²) in [7, 11) is 0. The van der Waals surface area contributed by atoms with Gasteiger partial charge in [-0.1, -0.05) is 6.07 Å². The zero-order valence-corrected chi connectivity index (χ0v) is 22.3. The van der Waals surface area contributed by atoms with E-state index in [9.17, 15) is 19.2 Å².